The molecule has 0 aromatic carbocycles. The summed E-state index contributed by atoms with van der Waals surface area (Å²) in [5.74, 6) is 2.30. The summed E-state index contributed by atoms with van der Waals surface area (Å²) in [6, 6.07) is 0. The fourth-order valence-electron chi connectivity index (χ4n) is 2.73. The maximum Gasteiger partial charge on any atom is 0.162 e. The minimum atomic E-state index is -0.413. The number of aromatic nitrogens is 2. The molecule has 1 N–H and O–H groups in total. The number of rotatable bonds is 5. The Bertz CT molecular complexity index is 468. The molecule has 1 aromatic heterocycles. The fourth-order valence-corrected chi connectivity index (χ4v) is 3.68. The molecule has 0 radical (unpaired) electrons. The van der Waals surface area contributed by atoms with Crippen LogP contribution in [0.1, 0.15) is 63.4 Å². The third-order valence-corrected chi connectivity index (χ3v) is 5.52. The van der Waals surface area contributed by atoms with Gasteiger partial charge in [-0.05, 0) is 48.8 Å². The number of anilines is 1. The van der Waals surface area contributed by atoms with E-state index >= 15 is 0 Å². The summed E-state index contributed by atoms with van der Waals surface area (Å²) in [5.41, 5.74) is 0.790. The highest BCUT2D eigenvalue weighted by Gasteiger charge is 2.31. The lowest BCUT2D eigenvalue weighted by molar-refractivity contribution is -0.00912. The molecule has 20 heavy (non-hydrogen) atoms. The van der Waals surface area contributed by atoms with Crippen LogP contribution in [0, 0.1) is 3.57 Å². The molecular weight excluding hydrogens is 365 g/mol. The van der Waals surface area contributed by atoms with Crippen molar-refractivity contribution in [2.24, 2.45) is 0 Å². The van der Waals surface area contributed by atoms with Crippen molar-refractivity contribution >= 4 is 28.4 Å². The summed E-state index contributed by atoms with van der Waals surface area (Å²) >= 11 is 2.37. The van der Waals surface area contributed by atoms with E-state index in [1.807, 2.05) is 7.05 Å². The first kappa shape index (κ1) is 15.9. The molecule has 4 nitrogen and oxygen atoms in total. The van der Waals surface area contributed by atoms with E-state index < -0.39 is 5.60 Å². The minimum absolute atomic E-state index is 0.413. The SMILES string of the molecule is CCC(C)(OC)c1nc(NC)c(I)c(C2CCCC2)n1. The second-order valence-electron chi connectivity index (χ2n) is 5.61. The lowest BCUT2D eigenvalue weighted by atomic mass is 10.00. The Labute approximate surface area is 135 Å². The normalized spacial score (nSPS) is 19.1. The summed E-state index contributed by atoms with van der Waals surface area (Å²) in [6.45, 7) is 4.17. The predicted molar refractivity (Wildman–Crippen MR) is 90.2 cm³/mol. The van der Waals surface area contributed by atoms with Crippen molar-refractivity contribution < 1.29 is 4.74 Å². The molecule has 112 valence electrons. The molecule has 1 unspecified atom stereocenters. The molecule has 1 atom stereocenters. The molecule has 1 heterocycles. The number of hydrogen-bond donors (Lipinski definition) is 1. The van der Waals surface area contributed by atoms with Gasteiger partial charge < -0.3 is 10.1 Å². The molecule has 5 heteroatoms. The van der Waals surface area contributed by atoms with Crippen LogP contribution in [0.4, 0.5) is 5.82 Å². The van der Waals surface area contributed by atoms with Gasteiger partial charge in [0.2, 0.25) is 0 Å². The predicted octanol–water partition coefficient (Wildman–Crippen LogP) is 4.05. The van der Waals surface area contributed by atoms with Gasteiger partial charge in [-0.1, -0.05) is 19.8 Å². The summed E-state index contributed by atoms with van der Waals surface area (Å²) < 4.78 is 6.84. The van der Waals surface area contributed by atoms with Crippen molar-refractivity contribution in [3.8, 4) is 0 Å². The quantitative estimate of drug-likeness (QED) is 0.772. The lowest BCUT2D eigenvalue weighted by Gasteiger charge is -2.27. The van der Waals surface area contributed by atoms with Gasteiger partial charge in [0.25, 0.3) is 0 Å². The first-order chi connectivity index (χ1) is 9.55. The summed E-state index contributed by atoms with van der Waals surface area (Å²) in [5, 5.41) is 3.21. The molecule has 1 saturated carbocycles. The zero-order valence-electron chi connectivity index (χ0n) is 12.8. The van der Waals surface area contributed by atoms with Gasteiger partial charge in [0.1, 0.15) is 11.4 Å². The van der Waals surface area contributed by atoms with E-state index in [-0.39, 0.29) is 0 Å². The van der Waals surface area contributed by atoms with Gasteiger partial charge >= 0.3 is 0 Å². The maximum atomic E-state index is 5.67. The third-order valence-electron chi connectivity index (χ3n) is 4.45. The number of nitrogens with one attached hydrogen (secondary N) is 1. The molecule has 1 fully saturated rings. The van der Waals surface area contributed by atoms with Crippen LogP contribution in [0.3, 0.4) is 0 Å². The first-order valence-corrected chi connectivity index (χ1v) is 8.44. The molecule has 1 aliphatic rings. The van der Waals surface area contributed by atoms with E-state index in [4.69, 9.17) is 9.72 Å². The number of hydrogen-bond acceptors (Lipinski definition) is 4. The Balaban J connectivity index is 2.51. The van der Waals surface area contributed by atoms with E-state index in [2.05, 4.69) is 46.7 Å². The van der Waals surface area contributed by atoms with Crippen LogP contribution in [0.25, 0.3) is 0 Å². The smallest absolute Gasteiger partial charge is 0.162 e. The highest BCUT2D eigenvalue weighted by Crippen LogP contribution is 2.38. The largest absolute Gasteiger partial charge is 0.372 e. The molecule has 0 amide bonds. The average Bonchev–Trinajstić information content (AvgIpc) is 3.00. The number of halogens is 1. The van der Waals surface area contributed by atoms with Crippen molar-refractivity contribution in [1.82, 2.24) is 9.97 Å². The molecule has 2 rings (SSSR count). The van der Waals surface area contributed by atoms with E-state index in [0.717, 1.165) is 21.6 Å². The zero-order chi connectivity index (χ0) is 14.8. The van der Waals surface area contributed by atoms with E-state index in [0.29, 0.717) is 5.92 Å². The van der Waals surface area contributed by atoms with Crippen LogP contribution in [0.2, 0.25) is 0 Å². The molecule has 1 aromatic rings. The molecular formula is C15H24IN3O. The number of ether oxygens (including phenoxy) is 1. The summed E-state index contributed by atoms with van der Waals surface area (Å²) in [4.78, 5) is 9.57. The van der Waals surface area contributed by atoms with E-state index in [1.165, 1.54) is 31.4 Å². The Morgan fingerprint density at radius 3 is 2.50 bits per heavy atom. The van der Waals surface area contributed by atoms with Crippen LogP contribution < -0.4 is 5.32 Å². The zero-order valence-corrected chi connectivity index (χ0v) is 15.0. The van der Waals surface area contributed by atoms with Crippen LogP contribution >= 0.6 is 22.6 Å². The summed E-state index contributed by atoms with van der Waals surface area (Å²) in [7, 11) is 3.65. The van der Waals surface area contributed by atoms with Crippen molar-refractivity contribution in [2.75, 3.05) is 19.5 Å². The van der Waals surface area contributed by atoms with Crippen LogP contribution in [0.5, 0.6) is 0 Å². The fraction of sp³-hybridized carbons (Fsp3) is 0.733. The van der Waals surface area contributed by atoms with Crippen LogP contribution in [-0.2, 0) is 10.3 Å². The lowest BCUT2D eigenvalue weighted by Crippen LogP contribution is -2.28. The molecule has 0 spiro atoms. The van der Waals surface area contributed by atoms with Gasteiger partial charge in [0, 0.05) is 20.1 Å². The van der Waals surface area contributed by atoms with Crippen molar-refractivity contribution in [1.29, 1.82) is 0 Å². The first-order valence-electron chi connectivity index (χ1n) is 7.36. The summed E-state index contributed by atoms with van der Waals surface area (Å²) in [6.07, 6.45) is 5.96. The monoisotopic (exact) mass is 389 g/mol. The minimum Gasteiger partial charge on any atom is -0.372 e. The van der Waals surface area contributed by atoms with Crippen molar-refractivity contribution in [3.05, 3.63) is 15.1 Å². The Morgan fingerprint density at radius 2 is 2.00 bits per heavy atom. The molecule has 1 aliphatic carbocycles. The topological polar surface area (TPSA) is 47.0 Å². The van der Waals surface area contributed by atoms with E-state index in [1.54, 1.807) is 7.11 Å². The van der Waals surface area contributed by atoms with Gasteiger partial charge in [0.05, 0.1) is 9.26 Å². The maximum absolute atomic E-state index is 5.67. The highest BCUT2D eigenvalue weighted by atomic mass is 127. The van der Waals surface area contributed by atoms with Gasteiger partial charge in [-0.25, -0.2) is 9.97 Å². The highest BCUT2D eigenvalue weighted by molar-refractivity contribution is 14.1. The van der Waals surface area contributed by atoms with Gasteiger partial charge in [0.15, 0.2) is 5.82 Å². The molecule has 0 bridgehead atoms. The third kappa shape index (κ3) is 2.93. The van der Waals surface area contributed by atoms with Crippen molar-refractivity contribution in [3.63, 3.8) is 0 Å². The Hall–Kier alpha value is -0.430. The Morgan fingerprint density at radius 1 is 1.35 bits per heavy atom. The standard InChI is InChI=1S/C15H24IN3O/c1-5-15(2,20-4)14-18-12(10-8-6-7-9-10)11(16)13(17-3)19-14/h10H,5-9H2,1-4H3,(H,17,18,19). The van der Waals surface area contributed by atoms with Gasteiger partial charge in [-0.3, -0.25) is 0 Å². The van der Waals surface area contributed by atoms with Crippen LogP contribution in [0.15, 0.2) is 0 Å². The molecule has 0 saturated heterocycles. The number of nitrogens with zero attached hydrogens (tertiary/aromatic N) is 2. The van der Waals surface area contributed by atoms with Gasteiger partial charge in [-0.15, -0.1) is 0 Å². The number of methoxy groups -OCH3 is 1. The van der Waals surface area contributed by atoms with Crippen LogP contribution in [-0.4, -0.2) is 24.1 Å². The van der Waals surface area contributed by atoms with E-state index in [9.17, 15) is 0 Å². The Kier molecular flexibility index (Phi) is 5.23. The average molecular weight is 389 g/mol. The van der Waals surface area contributed by atoms with Crippen molar-refractivity contribution in [2.45, 2.75) is 57.5 Å². The molecule has 0 aliphatic heterocycles. The van der Waals surface area contributed by atoms with Gasteiger partial charge in [-0.2, -0.15) is 0 Å². The second kappa shape index (κ2) is 6.56. The second-order valence-corrected chi connectivity index (χ2v) is 6.69.